The highest BCUT2D eigenvalue weighted by molar-refractivity contribution is 5.79. The SMILES string of the molecule is CC(C)(O)[C@H](O)[C@H](O)c1cc2ccc(=O)oc2cc1O[C@@H]1O[C@H](CO)[C@@H](O)[C@H](O)[C@H]1O. The number of aliphatic hydroxyl groups is 7. The van der Waals surface area contributed by atoms with Crippen LogP contribution in [0.4, 0.5) is 0 Å². The van der Waals surface area contributed by atoms with Gasteiger partial charge < -0.3 is 49.6 Å². The van der Waals surface area contributed by atoms with Crippen LogP contribution in [0.25, 0.3) is 11.0 Å². The Hall–Kier alpha value is -2.09. The summed E-state index contributed by atoms with van der Waals surface area (Å²) in [6.45, 7) is 1.91. The van der Waals surface area contributed by atoms with Crippen LogP contribution < -0.4 is 10.4 Å². The lowest BCUT2D eigenvalue weighted by atomic mass is 9.91. The van der Waals surface area contributed by atoms with Gasteiger partial charge in [-0.05, 0) is 26.0 Å². The Morgan fingerprint density at radius 2 is 1.77 bits per heavy atom. The van der Waals surface area contributed by atoms with Gasteiger partial charge in [-0.25, -0.2) is 4.79 Å². The molecule has 11 heteroatoms. The molecule has 7 atom stereocenters. The Morgan fingerprint density at radius 1 is 1.10 bits per heavy atom. The third kappa shape index (κ3) is 4.73. The molecule has 7 N–H and O–H groups in total. The van der Waals surface area contributed by atoms with Crippen molar-refractivity contribution in [2.24, 2.45) is 0 Å². The van der Waals surface area contributed by atoms with Crippen LogP contribution in [0.1, 0.15) is 25.5 Å². The molecular formula is C20H26O11. The molecule has 0 saturated carbocycles. The second-order valence-corrected chi connectivity index (χ2v) is 8.04. The zero-order valence-corrected chi connectivity index (χ0v) is 16.8. The van der Waals surface area contributed by atoms with E-state index in [0.29, 0.717) is 5.39 Å². The second kappa shape index (κ2) is 8.81. The van der Waals surface area contributed by atoms with Crippen molar-refractivity contribution in [1.82, 2.24) is 0 Å². The molecule has 1 aliphatic heterocycles. The van der Waals surface area contributed by atoms with Gasteiger partial charge in [-0.15, -0.1) is 0 Å². The summed E-state index contributed by atoms with van der Waals surface area (Å²) in [5.74, 6) is -0.193. The van der Waals surface area contributed by atoms with Crippen LogP contribution in [0.15, 0.2) is 33.5 Å². The molecule has 0 amide bonds. The Kier molecular flexibility index (Phi) is 6.69. The summed E-state index contributed by atoms with van der Waals surface area (Å²) in [6, 6.07) is 5.15. The summed E-state index contributed by atoms with van der Waals surface area (Å²) in [5.41, 5.74) is -2.33. The maximum atomic E-state index is 11.6. The monoisotopic (exact) mass is 442 g/mol. The van der Waals surface area contributed by atoms with Crippen LogP contribution in [-0.4, -0.2) is 84.8 Å². The van der Waals surface area contributed by atoms with E-state index in [1.54, 1.807) is 0 Å². The summed E-state index contributed by atoms with van der Waals surface area (Å²) in [5, 5.41) is 71.0. The highest BCUT2D eigenvalue weighted by atomic mass is 16.7. The minimum atomic E-state index is -1.74. The van der Waals surface area contributed by atoms with Gasteiger partial charge in [0.05, 0.1) is 12.2 Å². The third-order valence-electron chi connectivity index (χ3n) is 5.18. The summed E-state index contributed by atoms with van der Waals surface area (Å²) in [7, 11) is 0. The zero-order valence-electron chi connectivity index (χ0n) is 16.8. The fourth-order valence-corrected chi connectivity index (χ4v) is 3.29. The van der Waals surface area contributed by atoms with E-state index in [4.69, 9.17) is 13.9 Å². The van der Waals surface area contributed by atoms with Crippen molar-refractivity contribution in [3.05, 3.63) is 40.2 Å². The van der Waals surface area contributed by atoms with E-state index in [9.17, 15) is 40.5 Å². The van der Waals surface area contributed by atoms with Gasteiger partial charge in [-0.1, -0.05) is 0 Å². The smallest absolute Gasteiger partial charge is 0.336 e. The van der Waals surface area contributed by atoms with Gasteiger partial charge in [0.2, 0.25) is 6.29 Å². The quantitative estimate of drug-likeness (QED) is 0.248. The van der Waals surface area contributed by atoms with Crippen molar-refractivity contribution >= 4 is 11.0 Å². The lowest BCUT2D eigenvalue weighted by molar-refractivity contribution is -0.277. The average molecular weight is 442 g/mol. The van der Waals surface area contributed by atoms with Gasteiger partial charge in [0, 0.05) is 23.1 Å². The molecule has 2 aromatic rings. The van der Waals surface area contributed by atoms with E-state index in [1.807, 2.05) is 0 Å². The molecule has 0 aliphatic carbocycles. The Balaban J connectivity index is 2.05. The Morgan fingerprint density at radius 3 is 2.39 bits per heavy atom. The number of aliphatic hydroxyl groups excluding tert-OH is 6. The molecule has 0 spiro atoms. The first-order valence-corrected chi connectivity index (χ1v) is 9.57. The van der Waals surface area contributed by atoms with Crippen molar-refractivity contribution in [3.8, 4) is 5.75 Å². The number of ether oxygens (including phenoxy) is 2. The number of hydrogen-bond acceptors (Lipinski definition) is 11. The van der Waals surface area contributed by atoms with Crippen LogP contribution in [0, 0.1) is 0 Å². The van der Waals surface area contributed by atoms with Gasteiger partial charge in [-0.2, -0.15) is 0 Å². The van der Waals surface area contributed by atoms with Crippen molar-refractivity contribution in [1.29, 1.82) is 0 Å². The molecule has 31 heavy (non-hydrogen) atoms. The van der Waals surface area contributed by atoms with Crippen LogP contribution in [0.3, 0.4) is 0 Å². The number of benzene rings is 1. The largest absolute Gasteiger partial charge is 0.461 e. The first-order valence-electron chi connectivity index (χ1n) is 9.57. The standard InChI is InChI=1S/C20H26O11/c1-20(2,28)18(27)14(23)9-5-8-3-4-13(22)29-10(8)6-11(9)30-19-17(26)16(25)15(24)12(7-21)31-19/h3-6,12,14-19,21,23-28H,7H2,1-2H3/t12-,14-,15-,16+,17-,18-,19-/m1/s1. The number of fused-ring (bicyclic) bond motifs is 1. The van der Waals surface area contributed by atoms with E-state index in [1.165, 1.54) is 32.0 Å². The van der Waals surface area contributed by atoms with Gasteiger partial charge in [0.1, 0.15) is 48.0 Å². The first kappa shape index (κ1) is 23.6. The predicted octanol–water partition coefficient (Wildman–Crippen LogP) is -1.86. The summed E-state index contributed by atoms with van der Waals surface area (Å²) in [6.07, 6.45) is -11.2. The van der Waals surface area contributed by atoms with Gasteiger partial charge in [-0.3, -0.25) is 0 Å². The van der Waals surface area contributed by atoms with Crippen LogP contribution in [0.5, 0.6) is 5.75 Å². The molecule has 1 aliphatic rings. The lowest BCUT2D eigenvalue weighted by Gasteiger charge is -2.40. The maximum absolute atomic E-state index is 11.6. The molecule has 1 saturated heterocycles. The van der Waals surface area contributed by atoms with E-state index in [0.717, 1.165) is 6.07 Å². The summed E-state index contributed by atoms with van der Waals surface area (Å²) in [4.78, 5) is 11.6. The fourth-order valence-electron chi connectivity index (χ4n) is 3.29. The normalized spacial score (nSPS) is 29.0. The predicted molar refractivity (Wildman–Crippen MR) is 104 cm³/mol. The Labute approximate surface area is 176 Å². The molecule has 1 aromatic heterocycles. The van der Waals surface area contributed by atoms with Crippen molar-refractivity contribution in [3.63, 3.8) is 0 Å². The minimum Gasteiger partial charge on any atom is -0.461 e. The highest BCUT2D eigenvalue weighted by Gasteiger charge is 2.45. The van der Waals surface area contributed by atoms with E-state index in [-0.39, 0.29) is 16.9 Å². The second-order valence-electron chi connectivity index (χ2n) is 8.04. The lowest BCUT2D eigenvalue weighted by Crippen LogP contribution is -2.60. The van der Waals surface area contributed by atoms with Crippen molar-refractivity contribution in [2.45, 2.75) is 62.4 Å². The number of hydrogen-bond donors (Lipinski definition) is 7. The van der Waals surface area contributed by atoms with Crippen LogP contribution >= 0.6 is 0 Å². The molecule has 1 fully saturated rings. The molecule has 0 radical (unpaired) electrons. The minimum absolute atomic E-state index is 0.0343. The van der Waals surface area contributed by atoms with E-state index < -0.39 is 60.7 Å². The molecule has 1 aromatic carbocycles. The molecule has 0 bridgehead atoms. The van der Waals surface area contributed by atoms with E-state index in [2.05, 4.69) is 0 Å². The summed E-state index contributed by atoms with van der Waals surface area (Å²) >= 11 is 0. The van der Waals surface area contributed by atoms with E-state index >= 15 is 0 Å². The molecule has 2 heterocycles. The van der Waals surface area contributed by atoms with Gasteiger partial charge >= 0.3 is 5.63 Å². The van der Waals surface area contributed by atoms with Crippen molar-refractivity contribution in [2.75, 3.05) is 6.61 Å². The van der Waals surface area contributed by atoms with Crippen molar-refractivity contribution < 1.29 is 49.6 Å². The summed E-state index contributed by atoms with van der Waals surface area (Å²) < 4.78 is 16.0. The Bertz CT molecular complexity index is 964. The fraction of sp³-hybridized carbons (Fsp3) is 0.550. The van der Waals surface area contributed by atoms with Crippen LogP contribution in [0.2, 0.25) is 0 Å². The highest BCUT2D eigenvalue weighted by Crippen LogP contribution is 2.36. The number of rotatable bonds is 6. The first-order chi connectivity index (χ1) is 14.4. The molecule has 3 rings (SSSR count). The molecule has 11 nitrogen and oxygen atoms in total. The molecule has 172 valence electrons. The van der Waals surface area contributed by atoms with Crippen LogP contribution in [-0.2, 0) is 4.74 Å². The van der Waals surface area contributed by atoms with Gasteiger partial charge in [0.15, 0.2) is 0 Å². The zero-order chi connectivity index (χ0) is 23.1. The molecular weight excluding hydrogens is 416 g/mol. The third-order valence-corrected chi connectivity index (χ3v) is 5.18. The van der Waals surface area contributed by atoms with Gasteiger partial charge in [0.25, 0.3) is 0 Å². The topological polar surface area (TPSA) is 190 Å². The molecule has 0 unspecified atom stereocenters. The average Bonchev–Trinajstić information content (AvgIpc) is 2.71. The maximum Gasteiger partial charge on any atom is 0.336 e.